The third-order valence-corrected chi connectivity index (χ3v) is 3.87. The lowest BCUT2D eigenvalue weighted by Crippen LogP contribution is -1.95. The summed E-state index contributed by atoms with van der Waals surface area (Å²) in [5.74, 6) is 0.475. The maximum absolute atomic E-state index is 6.00. The topological polar surface area (TPSA) is 56.7 Å². The summed E-state index contributed by atoms with van der Waals surface area (Å²) in [4.78, 5) is 8.81. The van der Waals surface area contributed by atoms with Crippen molar-refractivity contribution in [2.24, 2.45) is 0 Å². The van der Waals surface area contributed by atoms with Crippen LogP contribution in [0.4, 0.5) is 5.82 Å². The molecule has 4 nitrogen and oxygen atoms in total. The predicted molar refractivity (Wildman–Crippen MR) is 78.7 cm³/mol. The van der Waals surface area contributed by atoms with Crippen LogP contribution in [0.25, 0.3) is 27.6 Å². The van der Waals surface area contributed by atoms with Crippen LogP contribution in [0.1, 0.15) is 0 Å². The summed E-state index contributed by atoms with van der Waals surface area (Å²) >= 11 is 1.66. The SMILES string of the molecule is Nc1nc2ccccc2c2c1ncn2-c1ccsc1. The second-order valence-corrected chi connectivity index (χ2v) is 5.09. The van der Waals surface area contributed by atoms with Crippen molar-refractivity contribution in [3.05, 3.63) is 47.4 Å². The summed E-state index contributed by atoms with van der Waals surface area (Å²) in [6, 6.07) is 10.1. The van der Waals surface area contributed by atoms with Crippen molar-refractivity contribution in [2.45, 2.75) is 0 Å². The molecule has 19 heavy (non-hydrogen) atoms. The first-order valence-electron chi connectivity index (χ1n) is 5.88. The molecule has 0 aliphatic rings. The van der Waals surface area contributed by atoms with Gasteiger partial charge in [0.05, 0.1) is 16.7 Å². The average molecular weight is 266 g/mol. The molecule has 3 heterocycles. The molecule has 0 saturated carbocycles. The Balaban J connectivity index is 2.22. The van der Waals surface area contributed by atoms with Crippen LogP contribution in [0.3, 0.4) is 0 Å². The Labute approximate surface area is 113 Å². The molecule has 5 heteroatoms. The molecular formula is C14H10N4S. The van der Waals surface area contributed by atoms with Gasteiger partial charge in [0.15, 0.2) is 5.82 Å². The Morgan fingerprint density at radius 2 is 2.05 bits per heavy atom. The van der Waals surface area contributed by atoms with E-state index in [4.69, 9.17) is 5.73 Å². The molecule has 0 radical (unpaired) electrons. The minimum absolute atomic E-state index is 0.475. The van der Waals surface area contributed by atoms with E-state index in [0.717, 1.165) is 27.6 Å². The van der Waals surface area contributed by atoms with Crippen LogP contribution in [0.15, 0.2) is 47.4 Å². The zero-order chi connectivity index (χ0) is 12.8. The minimum Gasteiger partial charge on any atom is -0.382 e. The third kappa shape index (κ3) is 1.45. The number of thiophene rings is 1. The summed E-state index contributed by atoms with van der Waals surface area (Å²) in [5.41, 5.74) is 9.77. The van der Waals surface area contributed by atoms with Crippen LogP contribution >= 0.6 is 11.3 Å². The zero-order valence-electron chi connectivity index (χ0n) is 9.95. The monoisotopic (exact) mass is 266 g/mol. The molecule has 2 N–H and O–H groups in total. The van der Waals surface area contributed by atoms with Crippen molar-refractivity contribution in [3.8, 4) is 5.69 Å². The highest BCUT2D eigenvalue weighted by Gasteiger charge is 2.12. The van der Waals surface area contributed by atoms with Gasteiger partial charge >= 0.3 is 0 Å². The number of imidazole rings is 1. The fourth-order valence-electron chi connectivity index (χ4n) is 2.34. The lowest BCUT2D eigenvalue weighted by molar-refractivity contribution is 1.11. The Kier molecular flexibility index (Phi) is 2.10. The number of anilines is 1. The molecule has 0 atom stereocenters. The number of nitrogens with two attached hydrogens (primary N) is 1. The molecule has 0 unspecified atom stereocenters. The van der Waals surface area contributed by atoms with Gasteiger partial charge in [-0.1, -0.05) is 18.2 Å². The van der Waals surface area contributed by atoms with Gasteiger partial charge in [0.2, 0.25) is 0 Å². The first-order chi connectivity index (χ1) is 9.34. The van der Waals surface area contributed by atoms with Crippen LogP contribution in [-0.2, 0) is 0 Å². The zero-order valence-corrected chi connectivity index (χ0v) is 10.8. The molecule has 0 bridgehead atoms. The second-order valence-electron chi connectivity index (χ2n) is 4.31. The Morgan fingerprint density at radius 3 is 2.89 bits per heavy atom. The maximum atomic E-state index is 6.00. The second kappa shape index (κ2) is 3.80. The predicted octanol–water partition coefficient (Wildman–Crippen LogP) is 3.22. The normalized spacial score (nSPS) is 11.4. The van der Waals surface area contributed by atoms with Crippen LogP contribution in [0.2, 0.25) is 0 Å². The van der Waals surface area contributed by atoms with Crippen molar-refractivity contribution < 1.29 is 0 Å². The number of pyridine rings is 1. The van der Waals surface area contributed by atoms with E-state index >= 15 is 0 Å². The molecule has 92 valence electrons. The Hall–Kier alpha value is -2.40. The molecule has 0 aliphatic carbocycles. The molecule has 3 aromatic heterocycles. The highest BCUT2D eigenvalue weighted by Crippen LogP contribution is 2.29. The quantitative estimate of drug-likeness (QED) is 0.575. The number of hydrogen-bond acceptors (Lipinski definition) is 4. The Morgan fingerprint density at radius 1 is 1.16 bits per heavy atom. The summed E-state index contributed by atoms with van der Waals surface area (Å²) < 4.78 is 2.06. The van der Waals surface area contributed by atoms with Crippen molar-refractivity contribution in [1.82, 2.24) is 14.5 Å². The number of nitrogens with zero attached hydrogens (tertiary/aromatic N) is 3. The first-order valence-corrected chi connectivity index (χ1v) is 6.83. The molecule has 0 amide bonds. The van der Waals surface area contributed by atoms with Gasteiger partial charge in [-0.05, 0) is 17.5 Å². The van der Waals surface area contributed by atoms with Crippen molar-refractivity contribution >= 4 is 39.1 Å². The van der Waals surface area contributed by atoms with Crippen molar-refractivity contribution in [2.75, 3.05) is 5.73 Å². The van der Waals surface area contributed by atoms with Gasteiger partial charge in [0, 0.05) is 10.8 Å². The van der Waals surface area contributed by atoms with Gasteiger partial charge in [-0.15, -0.1) is 0 Å². The van der Waals surface area contributed by atoms with Crippen LogP contribution < -0.4 is 5.73 Å². The van der Waals surface area contributed by atoms with Gasteiger partial charge in [-0.25, -0.2) is 9.97 Å². The lowest BCUT2D eigenvalue weighted by Gasteiger charge is -2.05. The van der Waals surface area contributed by atoms with Gasteiger partial charge in [0.1, 0.15) is 11.8 Å². The van der Waals surface area contributed by atoms with Crippen LogP contribution in [0, 0.1) is 0 Å². The van der Waals surface area contributed by atoms with E-state index in [9.17, 15) is 0 Å². The van der Waals surface area contributed by atoms with E-state index < -0.39 is 0 Å². The fraction of sp³-hybridized carbons (Fsp3) is 0. The number of benzene rings is 1. The van der Waals surface area contributed by atoms with Gasteiger partial charge < -0.3 is 5.73 Å². The summed E-state index contributed by atoms with van der Waals surface area (Å²) in [5, 5.41) is 5.20. The van der Waals surface area contributed by atoms with Crippen molar-refractivity contribution in [3.63, 3.8) is 0 Å². The first kappa shape index (κ1) is 10.5. The largest absolute Gasteiger partial charge is 0.382 e. The molecule has 0 aliphatic heterocycles. The average Bonchev–Trinajstić information content (AvgIpc) is 3.08. The maximum Gasteiger partial charge on any atom is 0.152 e. The lowest BCUT2D eigenvalue weighted by atomic mass is 10.2. The van der Waals surface area contributed by atoms with Gasteiger partial charge in [-0.2, -0.15) is 11.3 Å². The van der Waals surface area contributed by atoms with Crippen LogP contribution in [-0.4, -0.2) is 14.5 Å². The number of rotatable bonds is 1. The summed E-state index contributed by atoms with van der Waals surface area (Å²) in [7, 11) is 0. The highest BCUT2D eigenvalue weighted by atomic mass is 32.1. The summed E-state index contributed by atoms with van der Waals surface area (Å²) in [6.45, 7) is 0. The number of aromatic nitrogens is 3. The molecule has 0 fully saturated rings. The minimum atomic E-state index is 0.475. The fourth-order valence-corrected chi connectivity index (χ4v) is 2.97. The highest BCUT2D eigenvalue weighted by molar-refractivity contribution is 7.08. The number of para-hydroxylation sites is 1. The van der Waals surface area contributed by atoms with Gasteiger partial charge in [0.25, 0.3) is 0 Å². The van der Waals surface area contributed by atoms with E-state index in [0.29, 0.717) is 5.82 Å². The van der Waals surface area contributed by atoms with E-state index in [2.05, 4.69) is 32.0 Å². The van der Waals surface area contributed by atoms with E-state index in [-0.39, 0.29) is 0 Å². The molecule has 4 aromatic rings. The van der Waals surface area contributed by atoms with E-state index in [1.54, 1.807) is 17.7 Å². The molecule has 1 aromatic carbocycles. The van der Waals surface area contributed by atoms with Crippen molar-refractivity contribution in [1.29, 1.82) is 0 Å². The molecule has 4 rings (SSSR count). The van der Waals surface area contributed by atoms with E-state index in [1.807, 2.05) is 23.6 Å². The van der Waals surface area contributed by atoms with Gasteiger partial charge in [-0.3, -0.25) is 4.57 Å². The van der Waals surface area contributed by atoms with E-state index in [1.165, 1.54) is 0 Å². The van der Waals surface area contributed by atoms with Crippen LogP contribution in [0.5, 0.6) is 0 Å². The molecule has 0 spiro atoms. The third-order valence-electron chi connectivity index (χ3n) is 3.19. The standard InChI is InChI=1S/C14H10N4S/c15-14-12-13(10-3-1-2-4-11(10)17-14)18(8-16-12)9-5-6-19-7-9/h1-8H,(H2,15,17). The number of fused-ring (bicyclic) bond motifs is 3. The molecule has 0 saturated heterocycles. The smallest absolute Gasteiger partial charge is 0.152 e. The number of hydrogen-bond donors (Lipinski definition) is 1. The Bertz CT molecular complexity index is 877. The summed E-state index contributed by atoms with van der Waals surface area (Å²) in [6.07, 6.45) is 1.80. The molecular weight excluding hydrogens is 256 g/mol. The number of nitrogen functional groups attached to an aromatic ring is 1.